The smallest absolute Gasteiger partial charge is 0.329 e. The minimum atomic E-state index is -1.24. The molecular formula is C12H14BrNO3. The quantitative estimate of drug-likeness (QED) is 0.897. The van der Waals surface area contributed by atoms with Crippen molar-refractivity contribution >= 4 is 27.8 Å². The molecule has 1 amide bonds. The van der Waals surface area contributed by atoms with Crippen molar-refractivity contribution in [1.82, 2.24) is 5.32 Å². The Kier molecular flexibility index (Phi) is 4.28. The minimum absolute atomic E-state index is 0.318. The number of rotatable bonds is 4. The number of nitrogens with one attached hydrogen (secondary N) is 1. The van der Waals surface area contributed by atoms with Crippen LogP contribution in [-0.2, 0) is 4.79 Å². The topological polar surface area (TPSA) is 66.4 Å². The van der Waals surface area contributed by atoms with E-state index >= 15 is 0 Å². The second-order valence-electron chi connectivity index (χ2n) is 3.92. The van der Waals surface area contributed by atoms with Crippen molar-refractivity contribution in [2.75, 3.05) is 0 Å². The van der Waals surface area contributed by atoms with Crippen molar-refractivity contribution in [3.05, 3.63) is 34.3 Å². The molecule has 1 atom stereocenters. The Bertz CT molecular complexity index is 447. The van der Waals surface area contributed by atoms with Gasteiger partial charge in [-0.15, -0.1) is 0 Å². The first-order valence-electron chi connectivity index (χ1n) is 5.21. The Morgan fingerprint density at radius 1 is 1.41 bits per heavy atom. The van der Waals surface area contributed by atoms with Gasteiger partial charge in [-0.2, -0.15) is 0 Å². The number of carboxylic acids is 1. The molecule has 0 aromatic heterocycles. The average molecular weight is 300 g/mol. The standard InChI is InChI=1S/C12H14BrNO3/c1-3-12(2,11(16)17)14-10(15)8-6-4-5-7-9(8)13/h4-7H,3H2,1-2H3,(H,14,15)(H,16,17). The highest BCUT2D eigenvalue weighted by Crippen LogP contribution is 2.18. The van der Waals surface area contributed by atoms with E-state index in [2.05, 4.69) is 21.2 Å². The molecule has 5 heteroatoms. The molecule has 1 unspecified atom stereocenters. The zero-order valence-electron chi connectivity index (χ0n) is 9.66. The van der Waals surface area contributed by atoms with Gasteiger partial charge < -0.3 is 10.4 Å². The molecule has 1 rings (SSSR count). The van der Waals surface area contributed by atoms with E-state index in [1.165, 1.54) is 6.92 Å². The number of carboxylic acid groups (broad SMARTS) is 1. The SMILES string of the molecule is CCC(C)(NC(=O)c1ccccc1Br)C(=O)O. The molecule has 0 aliphatic heterocycles. The van der Waals surface area contributed by atoms with E-state index in [-0.39, 0.29) is 0 Å². The predicted octanol–water partition coefficient (Wildman–Crippen LogP) is 2.43. The highest BCUT2D eigenvalue weighted by molar-refractivity contribution is 9.10. The summed E-state index contributed by atoms with van der Waals surface area (Å²) >= 11 is 3.26. The van der Waals surface area contributed by atoms with Crippen molar-refractivity contribution < 1.29 is 14.7 Å². The summed E-state index contributed by atoms with van der Waals surface area (Å²) in [5.74, 6) is -1.44. The summed E-state index contributed by atoms with van der Waals surface area (Å²) in [6, 6.07) is 6.89. The molecule has 0 aliphatic carbocycles. The lowest BCUT2D eigenvalue weighted by Crippen LogP contribution is -2.51. The summed E-state index contributed by atoms with van der Waals surface area (Å²) in [6.45, 7) is 3.21. The zero-order chi connectivity index (χ0) is 13.1. The Hall–Kier alpha value is -1.36. The fraction of sp³-hybridized carbons (Fsp3) is 0.333. The van der Waals surface area contributed by atoms with Crippen molar-refractivity contribution in [3.63, 3.8) is 0 Å². The highest BCUT2D eigenvalue weighted by Gasteiger charge is 2.33. The van der Waals surface area contributed by atoms with Crippen LogP contribution in [0.15, 0.2) is 28.7 Å². The number of hydrogen-bond donors (Lipinski definition) is 2. The lowest BCUT2D eigenvalue weighted by Gasteiger charge is -2.24. The van der Waals surface area contributed by atoms with Crippen LogP contribution < -0.4 is 5.32 Å². The second kappa shape index (κ2) is 5.31. The lowest BCUT2D eigenvalue weighted by atomic mass is 9.98. The second-order valence-corrected chi connectivity index (χ2v) is 4.78. The molecule has 0 bridgehead atoms. The number of aliphatic carboxylic acids is 1. The predicted molar refractivity (Wildman–Crippen MR) is 67.9 cm³/mol. The third kappa shape index (κ3) is 3.06. The van der Waals surface area contributed by atoms with E-state index in [4.69, 9.17) is 5.11 Å². The summed E-state index contributed by atoms with van der Waals surface area (Å²) in [5, 5.41) is 11.6. The van der Waals surface area contributed by atoms with Gasteiger partial charge in [0.15, 0.2) is 0 Å². The zero-order valence-corrected chi connectivity index (χ0v) is 11.2. The van der Waals surface area contributed by atoms with Gasteiger partial charge in [-0.1, -0.05) is 19.1 Å². The number of benzene rings is 1. The van der Waals surface area contributed by atoms with Crippen molar-refractivity contribution in [2.45, 2.75) is 25.8 Å². The molecule has 0 radical (unpaired) electrons. The fourth-order valence-electron chi connectivity index (χ4n) is 1.26. The third-order valence-electron chi connectivity index (χ3n) is 2.69. The van der Waals surface area contributed by atoms with Crippen LogP contribution in [0.2, 0.25) is 0 Å². The molecule has 0 heterocycles. The molecule has 17 heavy (non-hydrogen) atoms. The maximum Gasteiger partial charge on any atom is 0.329 e. The monoisotopic (exact) mass is 299 g/mol. The van der Waals surface area contributed by atoms with Gasteiger partial charge in [-0.3, -0.25) is 4.79 Å². The molecule has 4 nitrogen and oxygen atoms in total. The fourth-order valence-corrected chi connectivity index (χ4v) is 1.72. The van der Waals surface area contributed by atoms with Gasteiger partial charge >= 0.3 is 5.97 Å². The number of hydrogen-bond acceptors (Lipinski definition) is 2. The molecule has 2 N–H and O–H groups in total. The van der Waals surface area contributed by atoms with Crippen LogP contribution in [0.25, 0.3) is 0 Å². The van der Waals surface area contributed by atoms with Crippen LogP contribution in [-0.4, -0.2) is 22.5 Å². The maximum absolute atomic E-state index is 11.9. The summed E-state index contributed by atoms with van der Waals surface area (Å²) in [5.41, 5.74) is -0.819. The maximum atomic E-state index is 11.9. The van der Waals surface area contributed by atoms with Crippen molar-refractivity contribution in [2.24, 2.45) is 0 Å². The van der Waals surface area contributed by atoms with Gasteiger partial charge in [-0.25, -0.2) is 4.79 Å². The largest absolute Gasteiger partial charge is 0.480 e. The van der Waals surface area contributed by atoms with Gasteiger partial charge in [0.1, 0.15) is 5.54 Å². The van der Waals surface area contributed by atoms with Crippen LogP contribution in [0.3, 0.4) is 0 Å². The van der Waals surface area contributed by atoms with E-state index in [1.54, 1.807) is 31.2 Å². The van der Waals surface area contributed by atoms with E-state index in [9.17, 15) is 9.59 Å². The van der Waals surface area contributed by atoms with Crippen molar-refractivity contribution in [1.29, 1.82) is 0 Å². The molecule has 0 aliphatic rings. The average Bonchev–Trinajstić information content (AvgIpc) is 2.29. The van der Waals surface area contributed by atoms with Crippen LogP contribution in [0, 0.1) is 0 Å². The number of carbonyl (C=O) groups excluding carboxylic acids is 1. The summed E-state index contributed by atoms with van der Waals surface area (Å²) in [4.78, 5) is 23.0. The summed E-state index contributed by atoms with van der Waals surface area (Å²) < 4.78 is 0.640. The molecule has 1 aromatic carbocycles. The Morgan fingerprint density at radius 3 is 2.47 bits per heavy atom. The Labute approximate surface area is 108 Å². The van der Waals surface area contributed by atoms with Gasteiger partial charge in [0, 0.05) is 4.47 Å². The molecule has 0 saturated carbocycles. The molecule has 92 valence electrons. The molecule has 0 fully saturated rings. The minimum Gasteiger partial charge on any atom is -0.480 e. The summed E-state index contributed by atoms with van der Waals surface area (Å²) in [6.07, 6.45) is 0.318. The normalized spacial score (nSPS) is 13.8. The van der Waals surface area contributed by atoms with Crippen LogP contribution in [0.4, 0.5) is 0 Å². The van der Waals surface area contributed by atoms with Crippen LogP contribution in [0.5, 0.6) is 0 Å². The highest BCUT2D eigenvalue weighted by atomic mass is 79.9. The Balaban J connectivity index is 2.93. The molecular weight excluding hydrogens is 286 g/mol. The van der Waals surface area contributed by atoms with Gasteiger partial charge in [-0.05, 0) is 41.4 Å². The first-order chi connectivity index (χ1) is 7.90. The first-order valence-corrected chi connectivity index (χ1v) is 6.00. The number of amides is 1. The summed E-state index contributed by atoms with van der Waals surface area (Å²) in [7, 11) is 0. The van der Waals surface area contributed by atoms with Crippen LogP contribution in [0.1, 0.15) is 30.6 Å². The third-order valence-corrected chi connectivity index (χ3v) is 3.38. The van der Waals surface area contributed by atoms with E-state index in [0.717, 1.165) is 0 Å². The van der Waals surface area contributed by atoms with E-state index in [1.807, 2.05) is 0 Å². The number of halogens is 1. The van der Waals surface area contributed by atoms with Crippen LogP contribution >= 0.6 is 15.9 Å². The Morgan fingerprint density at radius 2 is 2.00 bits per heavy atom. The lowest BCUT2D eigenvalue weighted by molar-refractivity contribution is -0.143. The molecule has 1 aromatic rings. The number of carbonyl (C=O) groups is 2. The molecule has 0 spiro atoms. The molecule has 0 saturated heterocycles. The van der Waals surface area contributed by atoms with Gasteiger partial charge in [0.25, 0.3) is 5.91 Å². The van der Waals surface area contributed by atoms with Gasteiger partial charge in [0.2, 0.25) is 0 Å². The van der Waals surface area contributed by atoms with Gasteiger partial charge in [0.05, 0.1) is 5.56 Å². The first kappa shape index (κ1) is 13.7. The van der Waals surface area contributed by atoms with Crippen molar-refractivity contribution in [3.8, 4) is 0 Å². The van der Waals surface area contributed by atoms with E-state index in [0.29, 0.717) is 16.5 Å². The van der Waals surface area contributed by atoms with E-state index < -0.39 is 17.4 Å².